The van der Waals surface area contributed by atoms with Crippen molar-refractivity contribution < 1.29 is 22.4 Å². The van der Waals surface area contributed by atoms with Crippen molar-refractivity contribution in [2.24, 2.45) is 0 Å². The van der Waals surface area contributed by atoms with Crippen LogP contribution in [-0.4, -0.2) is 52.1 Å². The quantitative estimate of drug-likeness (QED) is 0.395. The van der Waals surface area contributed by atoms with Crippen LogP contribution in [-0.2, 0) is 0 Å². The number of carbonyl (C=O) groups is 1. The van der Waals surface area contributed by atoms with Crippen molar-refractivity contribution in [1.29, 1.82) is 0 Å². The third-order valence-corrected chi connectivity index (χ3v) is 6.63. The van der Waals surface area contributed by atoms with E-state index in [1.807, 2.05) is 6.07 Å². The number of rotatable bonds is 4. The van der Waals surface area contributed by atoms with E-state index in [4.69, 9.17) is 0 Å². The van der Waals surface area contributed by atoms with Gasteiger partial charge < -0.3 is 10.3 Å². The fourth-order valence-corrected chi connectivity index (χ4v) is 4.94. The van der Waals surface area contributed by atoms with Crippen molar-refractivity contribution in [2.75, 3.05) is 20.1 Å². The van der Waals surface area contributed by atoms with Crippen LogP contribution in [0.15, 0.2) is 48.7 Å². The third kappa shape index (κ3) is 4.45. The summed E-state index contributed by atoms with van der Waals surface area (Å²) < 4.78 is 56.6. The number of aromatic nitrogens is 3. The molecule has 0 radical (unpaired) electrons. The maximum atomic E-state index is 14.2. The normalized spacial score (nSPS) is 16.6. The summed E-state index contributed by atoms with van der Waals surface area (Å²) in [5.74, 6) is -0.901. The molecule has 1 fully saturated rings. The second-order valence-corrected chi connectivity index (χ2v) is 8.75. The molecule has 6 nitrogen and oxygen atoms in total. The van der Waals surface area contributed by atoms with Crippen molar-refractivity contribution >= 4 is 27.8 Å². The Hall–Kier alpha value is -3.53. The van der Waals surface area contributed by atoms with Crippen LogP contribution in [0.2, 0.25) is 0 Å². The molecular formula is C25H23F4N5O. The van der Waals surface area contributed by atoms with Crippen LogP contribution in [0.4, 0.5) is 17.6 Å². The van der Waals surface area contributed by atoms with Crippen LogP contribution in [0.5, 0.6) is 0 Å². The monoisotopic (exact) mass is 485 g/mol. The van der Waals surface area contributed by atoms with Crippen molar-refractivity contribution in [3.63, 3.8) is 0 Å². The van der Waals surface area contributed by atoms with Gasteiger partial charge in [0.15, 0.2) is 6.04 Å². The molecule has 2 aromatic carbocycles. The molecule has 1 saturated heterocycles. The van der Waals surface area contributed by atoms with E-state index in [1.165, 1.54) is 42.3 Å². The number of alkyl halides is 3. The van der Waals surface area contributed by atoms with Gasteiger partial charge in [-0.25, -0.2) is 9.37 Å². The number of halogens is 4. The van der Waals surface area contributed by atoms with Gasteiger partial charge in [0, 0.05) is 24.2 Å². The van der Waals surface area contributed by atoms with E-state index in [0.717, 1.165) is 5.56 Å². The Bertz CT molecular complexity index is 1390. The largest absolute Gasteiger partial charge is 0.411 e. The van der Waals surface area contributed by atoms with Crippen LogP contribution in [0.1, 0.15) is 46.5 Å². The van der Waals surface area contributed by atoms with Gasteiger partial charge >= 0.3 is 6.18 Å². The molecule has 1 unspecified atom stereocenters. The predicted octanol–water partition coefficient (Wildman–Crippen LogP) is 5.09. The number of nitrogens with one attached hydrogen (secondary N) is 2. The summed E-state index contributed by atoms with van der Waals surface area (Å²) in [5.41, 5.74) is 2.64. The number of aromatic amines is 1. The number of hydrogen-bond donors (Lipinski definition) is 2. The lowest BCUT2D eigenvalue weighted by Crippen LogP contribution is -2.43. The van der Waals surface area contributed by atoms with Gasteiger partial charge in [0.05, 0.1) is 16.6 Å². The molecule has 3 heterocycles. The van der Waals surface area contributed by atoms with E-state index in [9.17, 15) is 22.4 Å². The van der Waals surface area contributed by atoms with E-state index < -0.39 is 12.2 Å². The molecule has 0 aliphatic carbocycles. The average molecular weight is 485 g/mol. The summed E-state index contributed by atoms with van der Waals surface area (Å²) in [7, 11) is 1.49. The Kier molecular flexibility index (Phi) is 5.92. The summed E-state index contributed by atoms with van der Waals surface area (Å²) in [5, 5.41) is 3.19. The van der Waals surface area contributed by atoms with E-state index in [0.29, 0.717) is 40.3 Å². The van der Waals surface area contributed by atoms with Crippen LogP contribution in [0.25, 0.3) is 21.9 Å². The minimum Gasteiger partial charge on any atom is -0.355 e. The van der Waals surface area contributed by atoms with Gasteiger partial charge in [0.25, 0.3) is 5.91 Å². The number of likely N-dealkylation sites (tertiary alicyclic amines) is 1. The number of pyridine rings is 1. The number of amides is 1. The number of H-pyrrole nitrogens is 1. The second-order valence-electron chi connectivity index (χ2n) is 8.75. The topological polar surface area (TPSA) is 73.9 Å². The van der Waals surface area contributed by atoms with Crippen molar-refractivity contribution in [1.82, 2.24) is 25.2 Å². The number of nitrogens with zero attached hydrogens (tertiary/aromatic N) is 3. The molecule has 0 spiro atoms. The first-order valence-electron chi connectivity index (χ1n) is 11.3. The minimum atomic E-state index is -4.54. The third-order valence-electron chi connectivity index (χ3n) is 6.63. The molecule has 35 heavy (non-hydrogen) atoms. The van der Waals surface area contributed by atoms with Crippen molar-refractivity contribution in [3.05, 3.63) is 71.4 Å². The first-order valence-corrected chi connectivity index (χ1v) is 11.3. The molecule has 2 N–H and O–H groups in total. The second kappa shape index (κ2) is 8.92. The molecule has 0 bridgehead atoms. The molecule has 4 aromatic rings. The number of carbonyl (C=O) groups excluding carboxylic acids is 1. The Morgan fingerprint density at radius 1 is 1.11 bits per heavy atom. The highest BCUT2D eigenvalue weighted by Gasteiger charge is 2.47. The summed E-state index contributed by atoms with van der Waals surface area (Å²) in [6.07, 6.45) is -1.91. The van der Waals surface area contributed by atoms with E-state index in [1.54, 1.807) is 12.3 Å². The summed E-state index contributed by atoms with van der Waals surface area (Å²) in [4.78, 5) is 24.6. The summed E-state index contributed by atoms with van der Waals surface area (Å²) in [6, 6.07) is 8.88. The highest BCUT2D eigenvalue weighted by atomic mass is 19.4. The molecule has 10 heteroatoms. The van der Waals surface area contributed by atoms with Crippen LogP contribution >= 0.6 is 0 Å². The number of fused-ring (bicyclic) bond motifs is 2. The fraction of sp³-hybridized carbons (Fsp3) is 0.320. The molecule has 2 aromatic heterocycles. The molecule has 1 aliphatic heterocycles. The molecule has 1 aliphatic rings. The van der Waals surface area contributed by atoms with Gasteiger partial charge in [-0.2, -0.15) is 13.2 Å². The van der Waals surface area contributed by atoms with Crippen LogP contribution in [0.3, 0.4) is 0 Å². The van der Waals surface area contributed by atoms with Crippen molar-refractivity contribution in [3.8, 4) is 0 Å². The van der Waals surface area contributed by atoms with E-state index >= 15 is 0 Å². The predicted molar refractivity (Wildman–Crippen MR) is 124 cm³/mol. The standard InChI is InChI=1S/C25H23F4N5O/c1-30-24(35)15-2-4-20-21(12-15)33-23(32-20)22(25(27,28)29)34-10-7-14(8-11-34)17-6-9-31-19-5-3-16(26)13-18(17)19/h2-6,9,12-14,22H,7-8,10-11H2,1H3,(H,30,35)(H,32,33). The maximum absolute atomic E-state index is 14.2. The number of benzene rings is 2. The molecule has 0 saturated carbocycles. The lowest BCUT2D eigenvalue weighted by atomic mass is 9.87. The van der Waals surface area contributed by atoms with Gasteiger partial charge in [-0.15, -0.1) is 0 Å². The Morgan fingerprint density at radius 2 is 1.86 bits per heavy atom. The average Bonchev–Trinajstić information content (AvgIpc) is 3.25. The summed E-state index contributed by atoms with van der Waals surface area (Å²) >= 11 is 0. The van der Waals surface area contributed by atoms with Gasteiger partial charge in [-0.1, -0.05) is 0 Å². The van der Waals surface area contributed by atoms with Gasteiger partial charge in [0.1, 0.15) is 11.6 Å². The highest BCUT2D eigenvalue weighted by molar-refractivity contribution is 5.97. The Balaban J connectivity index is 1.41. The molecular weight excluding hydrogens is 462 g/mol. The molecule has 5 rings (SSSR count). The van der Waals surface area contributed by atoms with Crippen LogP contribution < -0.4 is 5.32 Å². The van der Waals surface area contributed by atoms with Gasteiger partial charge in [-0.05, 0) is 79.9 Å². The van der Waals surface area contributed by atoms with E-state index in [-0.39, 0.29) is 36.6 Å². The van der Waals surface area contributed by atoms with E-state index in [2.05, 4.69) is 20.3 Å². The minimum absolute atomic E-state index is 0.00165. The lowest BCUT2D eigenvalue weighted by Gasteiger charge is -2.37. The Morgan fingerprint density at radius 3 is 2.57 bits per heavy atom. The number of imidazole rings is 1. The first-order chi connectivity index (χ1) is 16.7. The van der Waals surface area contributed by atoms with Crippen molar-refractivity contribution in [2.45, 2.75) is 31.0 Å². The molecule has 1 amide bonds. The fourth-order valence-electron chi connectivity index (χ4n) is 4.94. The SMILES string of the molecule is CNC(=O)c1ccc2nc(C(N3CCC(c4ccnc5ccc(F)cc45)CC3)C(F)(F)F)[nH]c2c1. The zero-order valence-electron chi connectivity index (χ0n) is 18.9. The van der Waals surface area contributed by atoms with Gasteiger partial charge in [0.2, 0.25) is 0 Å². The number of hydrogen-bond acceptors (Lipinski definition) is 4. The zero-order valence-corrected chi connectivity index (χ0v) is 18.9. The maximum Gasteiger partial charge on any atom is 0.411 e. The zero-order chi connectivity index (χ0) is 24.7. The lowest BCUT2D eigenvalue weighted by molar-refractivity contribution is -0.191. The number of piperidine rings is 1. The first kappa shape index (κ1) is 23.2. The Labute approximate surface area is 198 Å². The van der Waals surface area contributed by atoms with Crippen LogP contribution in [0, 0.1) is 5.82 Å². The molecule has 1 atom stereocenters. The molecule has 182 valence electrons. The smallest absolute Gasteiger partial charge is 0.355 e. The highest BCUT2D eigenvalue weighted by Crippen LogP contribution is 2.41. The van der Waals surface area contributed by atoms with Gasteiger partial charge in [-0.3, -0.25) is 14.7 Å². The summed E-state index contributed by atoms with van der Waals surface area (Å²) in [6.45, 7) is 0.406.